The van der Waals surface area contributed by atoms with Crippen LogP contribution in [0.3, 0.4) is 0 Å². The highest BCUT2D eigenvalue weighted by atomic mass is 16.3. The second kappa shape index (κ2) is 14.7. The van der Waals surface area contributed by atoms with Crippen molar-refractivity contribution in [3.63, 3.8) is 0 Å². The third-order valence-corrected chi connectivity index (χ3v) is 15.0. The van der Waals surface area contributed by atoms with Gasteiger partial charge in [-0.25, -0.2) is 0 Å². The minimum Gasteiger partial charge on any atom is -0.455 e. The second-order valence-corrected chi connectivity index (χ2v) is 18.7. The molecular formula is C68H40O. The minimum atomic E-state index is 0.912. The lowest BCUT2D eigenvalue weighted by molar-refractivity contribution is 0.673. The van der Waals surface area contributed by atoms with E-state index in [2.05, 4.69) is 243 Å². The molecule has 1 aromatic heterocycles. The SMILES string of the molecule is c1ccc(-c2cc(-c3ccccc3)cc(-c3cc4c5ccccc5c(-c5ccc6c(c5)c5ccccc5c5cc7c(cc65)oc5c6ccccc6c6ccccc6c75)cc4c4ccccc34)c2)cc1. The first-order valence-electron chi connectivity index (χ1n) is 23.9. The van der Waals surface area contributed by atoms with Crippen LogP contribution in [0.1, 0.15) is 0 Å². The van der Waals surface area contributed by atoms with Gasteiger partial charge in [-0.05, 0) is 174 Å². The summed E-state index contributed by atoms with van der Waals surface area (Å²) >= 11 is 0. The summed E-state index contributed by atoms with van der Waals surface area (Å²) in [6.45, 7) is 0. The zero-order chi connectivity index (χ0) is 45.2. The summed E-state index contributed by atoms with van der Waals surface area (Å²) in [7, 11) is 0. The maximum atomic E-state index is 6.95. The molecule has 0 amide bonds. The molecule has 0 spiro atoms. The van der Waals surface area contributed by atoms with Crippen molar-refractivity contribution in [2.45, 2.75) is 0 Å². The Hall–Kier alpha value is -9.04. The van der Waals surface area contributed by atoms with Crippen molar-refractivity contribution < 1.29 is 4.42 Å². The van der Waals surface area contributed by atoms with Gasteiger partial charge >= 0.3 is 0 Å². The summed E-state index contributed by atoms with van der Waals surface area (Å²) in [4.78, 5) is 0. The Morgan fingerprint density at radius 1 is 0.188 bits per heavy atom. The van der Waals surface area contributed by atoms with E-state index in [0.29, 0.717) is 0 Å². The van der Waals surface area contributed by atoms with Crippen molar-refractivity contribution in [3.05, 3.63) is 243 Å². The predicted molar refractivity (Wildman–Crippen MR) is 296 cm³/mol. The Labute approximate surface area is 397 Å². The zero-order valence-corrected chi connectivity index (χ0v) is 37.5. The summed E-state index contributed by atoms with van der Waals surface area (Å²) in [5.74, 6) is 0. The number of rotatable bonds is 4. The largest absolute Gasteiger partial charge is 0.455 e. The molecular weight excluding hydrogens is 833 g/mol. The summed E-state index contributed by atoms with van der Waals surface area (Å²) in [6, 6.07) is 89.6. The van der Waals surface area contributed by atoms with Crippen LogP contribution in [0, 0.1) is 0 Å². The van der Waals surface area contributed by atoms with E-state index in [1.807, 2.05) is 0 Å². The topological polar surface area (TPSA) is 13.1 Å². The van der Waals surface area contributed by atoms with Crippen LogP contribution in [0.2, 0.25) is 0 Å². The maximum absolute atomic E-state index is 6.95. The van der Waals surface area contributed by atoms with E-state index in [1.54, 1.807) is 0 Å². The van der Waals surface area contributed by atoms with Crippen molar-refractivity contribution in [1.29, 1.82) is 0 Å². The van der Waals surface area contributed by atoms with Crippen molar-refractivity contribution in [2.24, 2.45) is 0 Å². The zero-order valence-electron chi connectivity index (χ0n) is 37.5. The van der Waals surface area contributed by atoms with E-state index in [0.717, 1.165) is 21.9 Å². The Balaban J connectivity index is 0.965. The molecule has 318 valence electrons. The summed E-state index contributed by atoms with van der Waals surface area (Å²) in [5.41, 5.74) is 11.5. The van der Waals surface area contributed by atoms with E-state index in [4.69, 9.17) is 4.42 Å². The molecule has 1 heteroatoms. The van der Waals surface area contributed by atoms with Gasteiger partial charge in [0.05, 0.1) is 0 Å². The first-order chi connectivity index (χ1) is 34.2. The Morgan fingerprint density at radius 3 is 1.13 bits per heavy atom. The van der Waals surface area contributed by atoms with Crippen LogP contribution in [0.4, 0.5) is 0 Å². The fourth-order valence-electron chi connectivity index (χ4n) is 11.8. The van der Waals surface area contributed by atoms with Crippen molar-refractivity contribution >= 4 is 108 Å². The van der Waals surface area contributed by atoms with Crippen LogP contribution >= 0.6 is 0 Å². The van der Waals surface area contributed by atoms with E-state index in [-0.39, 0.29) is 0 Å². The van der Waals surface area contributed by atoms with E-state index < -0.39 is 0 Å². The van der Waals surface area contributed by atoms with Crippen molar-refractivity contribution in [2.75, 3.05) is 0 Å². The van der Waals surface area contributed by atoms with Gasteiger partial charge in [0.25, 0.3) is 0 Å². The molecule has 1 heterocycles. The van der Waals surface area contributed by atoms with Gasteiger partial charge in [-0.2, -0.15) is 0 Å². The standard InChI is InChI=1S/C68H40O/c1-3-17-41(18-4-1)44-33-45(42-19-5-2-6-20-42)35-46(34-44)59-38-62-51-25-9-7-23-49(51)58(37-61(62)52-26-10-8-24-50(52)59)43-31-32-55-60(36-43)53-27-11-12-28-54(53)63-39-65-66(40-64(55)63)69-68-57-30-16-14-22-48(57)47-21-13-15-29-56(47)67(65)68/h1-40H. The van der Waals surface area contributed by atoms with Gasteiger partial charge in [-0.1, -0.05) is 194 Å². The monoisotopic (exact) mass is 872 g/mol. The Kier molecular flexibility index (Phi) is 8.13. The van der Waals surface area contributed by atoms with Crippen LogP contribution in [0.25, 0.3) is 153 Å². The fourth-order valence-corrected chi connectivity index (χ4v) is 11.8. The minimum absolute atomic E-state index is 0.912. The van der Waals surface area contributed by atoms with Crippen molar-refractivity contribution in [3.8, 4) is 44.5 Å². The van der Waals surface area contributed by atoms with E-state index in [9.17, 15) is 0 Å². The molecule has 0 atom stereocenters. The lowest BCUT2D eigenvalue weighted by Crippen LogP contribution is -1.91. The molecule has 15 rings (SSSR count). The van der Waals surface area contributed by atoms with Gasteiger partial charge in [0.15, 0.2) is 0 Å². The molecule has 14 aromatic carbocycles. The lowest BCUT2D eigenvalue weighted by atomic mass is 9.85. The van der Waals surface area contributed by atoms with Crippen LogP contribution in [0.5, 0.6) is 0 Å². The molecule has 0 fully saturated rings. The van der Waals surface area contributed by atoms with Crippen LogP contribution < -0.4 is 0 Å². The number of hydrogen-bond donors (Lipinski definition) is 0. The van der Waals surface area contributed by atoms with Crippen LogP contribution in [0.15, 0.2) is 247 Å². The third kappa shape index (κ3) is 5.71. The average Bonchev–Trinajstić information content (AvgIpc) is 3.81. The van der Waals surface area contributed by atoms with Gasteiger partial charge in [-0.15, -0.1) is 0 Å². The molecule has 0 radical (unpaired) electrons. The van der Waals surface area contributed by atoms with E-state index >= 15 is 0 Å². The highest BCUT2D eigenvalue weighted by Gasteiger charge is 2.20. The summed E-state index contributed by atoms with van der Waals surface area (Å²) in [6.07, 6.45) is 0. The molecule has 0 saturated carbocycles. The molecule has 0 unspecified atom stereocenters. The van der Waals surface area contributed by atoms with Gasteiger partial charge in [0.1, 0.15) is 11.2 Å². The Bertz CT molecular complexity index is 4580. The fraction of sp³-hybridized carbons (Fsp3) is 0. The van der Waals surface area contributed by atoms with Gasteiger partial charge in [-0.3, -0.25) is 0 Å². The van der Waals surface area contributed by atoms with Gasteiger partial charge < -0.3 is 4.42 Å². The maximum Gasteiger partial charge on any atom is 0.143 e. The van der Waals surface area contributed by atoms with Crippen LogP contribution in [-0.4, -0.2) is 0 Å². The summed E-state index contributed by atoms with van der Waals surface area (Å²) < 4.78 is 6.95. The molecule has 0 bridgehead atoms. The molecule has 0 aliphatic rings. The number of hydrogen-bond acceptors (Lipinski definition) is 1. The normalized spacial score (nSPS) is 12.1. The average molecular weight is 873 g/mol. The molecule has 0 aliphatic heterocycles. The first kappa shape index (κ1) is 38.1. The number of furan rings is 1. The molecule has 0 aliphatic carbocycles. The highest BCUT2D eigenvalue weighted by molar-refractivity contribution is 6.34. The summed E-state index contributed by atoms with van der Waals surface area (Å²) in [5, 5.41) is 22.0. The van der Waals surface area contributed by atoms with Crippen molar-refractivity contribution in [1.82, 2.24) is 0 Å². The number of benzene rings is 14. The number of fused-ring (bicyclic) bond motifs is 19. The quantitative estimate of drug-likeness (QED) is 0.161. The molecule has 1 nitrogen and oxygen atoms in total. The Morgan fingerprint density at radius 2 is 0.565 bits per heavy atom. The third-order valence-electron chi connectivity index (χ3n) is 15.0. The predicted octanol–water partition coefficient (Wildman–Crippen LogP) is 19.5. The second-order valence-electron chi connectivity index (χ2n) is 18.7. The van der Waals surface area contributed by atoms with Crippen LogP contribution in [-0.2, 0) is 0 Å². The van der Waals surface area contributed by atoms with Gasteiger partial charge in [0, 0.05) is 16.2 Å². The molecule has 15 aromatic rings. The molecule has 0 saturated heterocycles. The van der Waals surface area contributed by atoms with Gasteiger partial charge in [0.2, 0.25) is 0 Å². The van der Waals surface area contributed by atoms with E-state index in [1.165, 1.54) is 131 Å². The molecule has 0 N–H and O–H groups in total. The lowest BCUT2D eigenvalue weighted by Gasteiger charge is -2.18. The highest BCUT2D eigenvalue weighted by Crippen LogP contribution is 2.47. The smallest absolute Gasteiger partial charge is 0.143 e. The molecule has 69 heavy (non-hydrogen) atoms. The first-order valence-corrected chi connectivity index (χ1v) is 23.9.